The lowest BCUT2D eigenvalue weighted by molar-refractivity contribution is -0.136. The molecule has 2 aromatic rings. The lowest BCUT2D eigenvalue weighted by Crippen LogP contribution is -2.35. The summed E-state index contributed by atoms with van der Waals surface area (Å²) in [6, 6.07) is 14.9. The van der Waals surface area contributed by atoms with Gasteiger partial charge in [-0.1, -0.05) is 37.3 Å². The quantitative estimate of drug-likeness (QED) is 0.793. The van der Waals surface area contributed by atoms with E-state index in [9.17, 15) is 9.59 Å². The Labute approximate surface area is 148 Å². The smallest absolute Gasteiger partial charge is 0.313 e. The molecule has 2 aromatic carbocycles. The van der Waals surface area contributed by atoms with Crippen molar-refractivity contribution in [2.45, 2.75) is 39.8 Å². The van der Waals surface area contributed by atoms with Crippen molar-refractivity contribution in [3.05, 3.63) is 59.7 Å². The molecule has 5 heteroatoms. The minimum atomic E-state index is -0.688. The van der Waals surface area contributed by atoms with E-state index in [2.05, 4.69) is 17.6 Å². The van der Waals surface area contributed by atoms with Crippen molar-refractivity contribution in [2.75, 3.05) is 5.32 Å². The largest absolute Gasteiger partial charge is 0.491 e. The van der Waals surface area contributed by atoms with Crippen LogP contribution in [0.2, 0.25) is 0 Å². The van der Waals surface area contributed by atoms with E-state index in [4.69, 9.17) is 4.74 Å². The second-order valence-electron chi connectivity index (χ2n) is 5.96. The molecule has 0 bridgehead atoms. The molecule has 2 N–H and O–H groups in total. The Morgan fingerprint density at radius 3 is 2.32 bits per heavy atom. The Morgan fingerprint density at radius 1 is 1.00 bits per heavy atom. The minimum absolute atomic E-state index is 0.0336. The van der Waals surface area contributed by atoms with E-state index in [1.807, 2.05) is 50.2 Å². The Balaban J connectivity index is 1.92. The summed E-state index contributed by atoms with van der Waals surface area (Å²) in [6.07, 6.45) is 0.957. The molecule has 0 radical (unpaired) electrons. The van der Waals surface area contributed by atoms with Gasteiger partial charge in [-0.25, -0.2) is 0 Å². The van der Waals surface area contributed by atoms with Gasteiger partial charge in [-0.2, -0.15) is 0 Å². The Kier molecular flexibility index (Phi) is 6.57. The van der Waals surface area contributed by atoms with Gasteiger partial charge in [0, 0.05) is 17.8 Å². The Bertz CT molecular complexity index is 724. The fourth-order valence-corrected chi connectivity index (χ4v) is 2.29. The van der Waals surface area contributed by atoms with Crippen molar-refractivity contribution in [3.63, 3.8) is 0 Å². The highest BCUT2D eigenvalue weighted by Crippen LogP contribution is 2.19. The summed E-state index contributed by atoms with van der Waals surface area (Å²) in [5.41, 5.74) is 2.59. The van der Waals surface area contributed by atoms with Gasteiger partial charge in [-0.15, -0.1) is 0 Å². The molecular formula is C20H24N2O3. The van der Waals surface area contributed by atoms with Crippen LogP contribution in [0.5, 0.6) is 5.75 Å². The molecule has 0 fully saturated rings. The summed E-state index contributed by atoms with van der Waals surface area (Å²) in [6.45, 7) is 6.16. The molecule has 0 spiro atoms. The molecule has 2 rings (SSSR count). The van der Waals surface area contributed by atoms with Crippen LogP contribution in [-0.4, -0.2) is 17.9 Å². The number of rotatable bonds is 6. The number of anilines is 1. The molecule has 25 heavy (non-hydrogen) atoms. The first-order valence-electron chi connectivity index (χ1n) is 8.42. The van der Waals surface area contributed by atoms with Crippen LogP contribution >= 0.6 is 0 Å². The first-order valence-corrected chi connectivity index (χ1v) is 8.42. The van der Waals surface area contributed by atoms with Gasteiger partial charge in [0.05, 0.1) is 6.10 Å². The average Bonchev–Trinajstić information content (AvgIpc) is 2.60. The van der Waals surface area contributed by atoms with Gasteiger partial charge in [-0.3, -0.25) is 9.59 Å². The fraction of sp³-hybridized carbons (Fsp3) is 0.300. The summed E-state index contributed by atoms with van der Waals surface area (Å²) in [4.78, 5) is 24.0. The zero-order valence-electron chi connectivity index (χ0n) is 14.8. The minimum Gasteiger partial charge on any atom is -0.491 e. The molecular weight excluding hydrogens is 316 g/mol. The Hall–Kier alpha value is -2.82. The second kappa shape index (κ2) is 8.87. The highest BCUT2D eigenvalue weighted by molar-refractivity contribution is 6.39. The molecule has 132 valence electrons. The number of carbonyl (C=O) groups is 2. The van der Waals surface area contributed by atoms with Crippen molar-refractivity contribution in [1.29, 1.82) is 0 Å². The van der Waals surface area contributed by atoms with Gasteiger partial charge in [0.15, 0.2) is 0 Å². The number of carbonyl (C=O) groups excluding carboxylic acids is 2. The van der Waals surface area contributed by atoms with E-state index in [1.165, 1.54) is 5.56 Å². The predicted octanol–water partition coefficient (Wildman–Crippen LogP) is 3.29. The number of amides is 2. The number of hydrogen-bond acceptors (Lipinski definition) is 3. The van der Waals surface area contributed by atoms with Gasteiger partial charge >= 0.3 is 11.8 Å². The third-order valence-electron chi connectivity index (χ3n) is 3.60. The zero-order chi connectivity index (χ0) is 18.2. The molecule has 0 aliphatic heterocycles. The van der Waals surface area contributed by atoms with Crippen molar-refractivity contribution in [3.8, 4) is 5.75 Å². The monoisotopic (exact) mass is 340 g/mol. The van der Waals surface area contributed by atoms with Crippen molar-refractivity contribution in [1.82, 2.24) is 5.32 Å². The van der Waals surface area contributed by atoms with Crippen LogP contribution in [-0.2, 0) is 22.6 Å². The number of ether oxygens (including phenoxy) is 1. The summed E-state index contributed by atoms with van der Waals surface area (Å²) in [5.74, 6) is -0.668. The normalized spacial score (nSPS) is 10.4. The van der Waals surface area contributed by atoms with Crippen LogP contribution in [0.15, 0.2) is 48.5 Å². The first kappa shape index (κ1) is 18.5. The number of aryl methyl sites for hydroxylation is 1. The molecule has 2 amide bonds. The summed E-state index contributed by atoms with van der Waals surface area (Å²) >= 11 is 0. The number of nitrogens with one attached hydrogen (secondary N) is 2. The average molecular weight is 340 g/mol. The lowest BCUT2D eigenvalue weighted by Gasteiger charge is -2.14. The SMILES string of the molecule is CCc1ccc(NC(=O)C(=O)NCc2ccccc2OC(C)C)cc1. The van der Waals surface area contributed by atoms with E-state index in [0.29, 0.717) is 11.4 Å². The first-order chi connectivity index (χ1) is 12.0. The van der Waals surface area contributed by atoms with Gasteiger partial charge in [0.25, 0.3) is 0 Å². The maximum absolute atomic E-state index is 12.0. The van der Waals surface area contributed by atoms with Crippen LogP contribution in [0.4, 0.5) is 5.69 Å². The van der Waals surface area contributed by atoms with Crippen LogP contribution in [0.25, 0.3) is 0 Å². The third kappa shape index (κ3) is 5.64. The molecule has 0 heterocycles. The lowest BCUT2D eigenvalue weighted by atomic mass is 10.1. The molecule has 0 aromatic heterocycles. The zero-order valence-corrected chi connectivity index (χ0v) is 14.8. The maximum Gasteiger partial charge on any atom is 0.313 e. The molecule has 5 nitrogen and oxygen atoms in total. The van der Waals surface area contributed by atoms with E-state index in [-0.39, 0.29) is 12.6 Å². The number of benzene rings is 2. The van der Waals surface area contributed by atoms with Crippen molar-refractivity contribution < 1.29 is 14.3 Å². The van der Waals surface area contributed by atoms with Crippen LogP contribution < -0.4 is 15.4 Å². The highest BCUT2D eigenvalue weighted by Gasteiger charge is 2.14. The van der Waals surface area contributed by atoms with Crippen LogP contribution in [0.3, 0.4) is 0 Å². The fourth-order valence-electron chi connectivity index (χ4n) is 2.29. The summed E-state index contributed by atoms with van der Waals surface area (Å²) < 4.78 is 5.70. The molecule has 0 atom stereocenters. The van der Waals surface area contributed by atoms with E-state index < -0.39 is 11.8 Å². The van der Waals surface area contributed by atoms with Gasteiger partial charge in [-0.05, 0) is 44.0 Å². The van der Waals surface area contributed by atoms with Crippen molar-refractivity contribution in [2.24, 2.45) is 0 Å². The number of para-hydroxylation sites is 1. The van der Waals surface area contributed by atoms with E-state index >= 15 is 0 Å². The summed E-state index contributed by atoms with van der Waals surface area (Å²) in [7, 11) is 0. The van der Waals surface area contributed by atoms with E-state index in [0.717, 1.165) is 12.0 Å². The number of hydrogen-bond donors (Lipinski definition) is 2. The molecule has 0 saturated heterocycles. The third-order valence-corrected chi connectivity index (χ3v) is 3.60. The van der Waals surface area contributed by atoms with Crippen molar-refractivity contribution >= 4 is 17.5 Å². The summed E-state index contributed by atoms with van der Waals surface area (Å²) in [5, 5.41) is 5.22. The molecule has 0 aliphatic carbocycles. The predicted molar refractivity (Wildman–Crippen MR) is 98.5 cm³/mol. The maximum atomic E-state index is 12.0. The topological polar surface area (TPSA) is 67.4 Å². The Morgan fingerprint density at radius 2 is 1.68 bits per heavy atom. The van der Waals surface area contributed by atoms with Crippen LogP contribution in [0.1, 0.15) is 31.9 Å². The second-order valence-corrected chi connectivity index (χ2v) is 5.96. The molecule has 0 unspecified atom stereocenters. The van der Waals surface area contributed by atoms with Gasteiger partial charge in [0.2, 0.25) is 0 Å². The highest BCUT2D eigenvalue weighted by atomic mass is 16.5. The molecule has 0 saturated carbocycles. The van der Waals surface area contributed by atoms with E-state index in [1.54, 1.807) is 12.1 Å². The molecule has 0 aliphatic rings. The van der Waals surface area contributed by atoms with Gasteiger partial charge in [0.1, 0.15) is 5.75 Å². The van der Waals surface area contributed by atoms with Crippen LogP contribution in [0, 0.1) is 0 Å². The standard InChI is InChI=1S/C20H24N2O3/c1-4-15-9-11-17(12-10-15)22-20(24)19(23)21-13-16-7-5-6-8-18(16)25-14(2)3/h5-12,14H,4,13H2,1-3H3,(H,21,23)(H,22,24). The van der Waals surface area contributed by atoms with Gasteiger partial charge < -0.3 is 15.4 Å².